The van der Waals surface area contributed by atoms with Crippen molar-refractivity contribution < 1.29 is 19.1 Å². The lowest BCUT2D eigenvalue weighted by Gasteiger charge is -2.14. The molecule has 0 aromatic heterocycles. The van der Waals surface area contributed by atoms with Gasteiger partial charge >= 0.3 is 11.9 Å². The van der Waals surface area contributed by atoms with Gasteiger partial charge in [0.25, 0.3) is 0 Å². The summed E-state index contributed by atoms with van der Waals surface area (Å²) in [7, 11) is 0. The molecule has 5 aromatic carbocycles. The van der Waals surface area contributed by atoms with E-state index in [2.05, 4.69) is 0 Å². The number of esters is 2. The minimum Gasteiger partial charge on any atom is -0.454 e. The van der Waals surface area contributed by atoms with E-state index in [0.29, 0.717) is 11.1 Å². The minimum absolute atomic E-state index is 0.321. The van der Waals surface area contributed by atoms with E-state index in [-0.39, 0.29) is 24.1 Å². The normalized spacial score (nSPS) is 12.2. The maximum atomic E-state index is 12.6. The number of rotatable bonds is 8. The summed E-state index contributed by atoms with van der Waals surface area (Å²) in [5.41, 5.74) is 7.03. The Bertz CT molecular complexity index is 1440. The molecule has 2 atom stereocenters. The fourth-order valence-corrected chi connectivity index (χ4v) is 4.49. The second kappa shape index (κ2) is 12.3. The minimum atomic E-state index is -0.347. The zero-order valence-electron chi connectivity index (χ0n) is 22.5. The molecule has 0 amide bonds. The van der Waals surface area contributed by atoms with Crippen LogP contribution in [0.2, 0.25) is 0 Å². The third-order valence-electron chi connectivity index (χ3n) is 6.90. The first-order valence-electron chi connectivity index (χ1n) is 13.3. The van der Waals surface area contributed by atoms with Gasteiger partial charge in [-0.3, -0.25) is 0 Å². The van der Waals surface area contributed by atoms with Crippen molar-refractivity contribution >= 4 is 11.9 Å². The molecule has 0 N–H and O–H groups in total. The number of carbonyl (C=O) groups is 2. The first kappa shape index (κ1) is 26.6. The van der Waals surface area contributed by atoms with Crippen LogP contribution in [-0.4, -0.2) is 11.9 Å². The van der Waals surface area contributed by atoms with Gasteiger partial charge in [-0.15, -0.1) is 0 Å². The molecule has 5 rings (SSSR count). The van der Waals surface area contributed by atoms with Crippen LogP contribution < -0.4 is 0 Å². The SMILES string of the molecule is C[C@H](OC(=O)c1ccc(-c2ccc(-c3ccc(C(=O)O[C@@H](C)c4ccccc4)cc3)cc2)cc1)c1ccccc1. The Balaban J connectivity index is 1.20. The van der Waals surface area contributed by atoms with Gasteiger partial charge in [0.05, 0.1) is 11.1 Å². The molecule has 198 valence electrons. The fraction of sp³-hybridized carbons (Fsp3) is 0.111. The van der Waals surface area contributed by atoms with Crippen molar-refractivity contribution in [2.24, 2.45) is 0 Å². The van der Waals surface area contributed by atoms with E-state index in [1.807, 2.05) is 123 Å². The van der Waals surface area contributed by atoms with Crippen LogP contribution >= 0.6 is 0 Å². The predicted molar refractivity (Wildman–Crippen MR) is 158 cm³/mol. The Hall–Kier alpha value is -4.96. The summed E-state index contributed by atoms with van der Waals surface area (Å²) in [4.78, 5) is 25.2. The van der Waals surface area contributed by atoms with Gasteiger partial charge in [0.1, 0.15) is 12.2 Å². The van der Waals surface area contributed by atoms with Crippen molar-refractivity contribution in [2.45, 2.75) is 26.1 Å². The molecule has 0 bridgehead atoms. The van der Waals surface area contributed by atoms with E-state index < -0.39 is 0 Å². The van der Waals surface area contributed by atoms with Crippen LogP contribution in [0.3, 0.4) is 0 Å². The summed E-state index contributed by atoms with van der Waals surface area (Å²) in [6, 6.07) is 42.4. The maximum Gasteiger partial charge on any atom is 0.338 e. The van der Waals surface area contributed by atoms with Crippen molar-refractivity contribution in [1.29, 1.82) is 0 Å². The standard InChI is InChI=1S/C36H30O4/c1-25(27-9-5-3-6-10-27)39-35(37)33-21-17-31(18-22-33)29-13-15-30(16-14-29)32-19-23-34(24-20-32)36(38)40-26(2)28-11-7-4-8-12-28/h3-26H,1-2H3/t25-,26-/m0/s1. The molecule has 0 aliphatic rings. The Kier molecular flexibility index (Phi) is 8.17. The molecular weight excluding hydrogens is 496 g/mol. The fourth-order valence-electron chi connectivity index (χ4n) is 4.49. The average Bonchev–Trinajstić information content (AvgIpc) is 3.02. The van der Waals surface area contributed by atoms with Gasteiger partial charge in [0.2, 0.25) is 0 Å². The number of benzene rings is 5. The van der Waals surface area contributed by atoms with Crippen molar-refractivity contribution in [3.05, 3.63) is 156 Å². The van der Waals surface area contributed by atoms with Crippen LogP contribution in [0.4, 0.5) is 0 Å². The summed E-state index contributed by atoms with van der Waals surface area (Å²) < 4.78 is 11.3. The van der Waals surface area contributed by atoms with Crippen LogP contribution in [0, 0.1) is 0 Å². The Labute approximate surface area is 234 Å². The molecule has 0 fully saturated rings. The summed E-state index contributed by atoms with van der Waals surface area (Å²) in [6.07, 6.45) is -0.642. The topological polar surface area (TPSA) is 52.6 Å². The van der Waals surface area contributed by atoms with Gasteiger partial charge in [-0.05, 0) is 71.5 Å². The molecule has 4 heteroatoms. The monoisotopic (exact) mass is 526 g/mol. The average molecular weight is 527 g/mol. The smallest absolute Gasteiger partial charge is 0.338 e. The molecule has 0 spiro atoms. The van der Waals surface area contributed by atoms with E-state index >= 15 is 0 Å². The number of hydrogen-bond acceptors (Lipinski definition) is 4. The second-order valence-corrected chi connectivity index (χ2v) is 9.65. The van der Waals surface area contributed by atoms with Gasteiger partial charge in [-0.25, -0.2) is 9.59 Å². The zero-order chi connectivity index (χ0) is 27.9. The molecule has 5 aromatic rings. The van der Waals surface area contributed by atoms with Gasteiger partial charge in [-0.1, -0.05) is 109 Å². The van der Waals surface area contributed by atoms with Crippen LogP contribution in [0.25, 0.3) is 22.3 Å². The van der Waals surface area contributed by atoms with E-state index in [0.717, 1.165) is 33.4 Å². The summed E-state index contributed by atoms with van der Waals surface area (Å²) >= 11 is 0. The van der Waals surface area contributed by atoms with Gasteiger partial charge < -0.3 is 9.47 Å². The number of ether oxygens (including phenoxy) is 2. The van der Waals surface area contributed by atoms with Crippen LogP contribution in [-0.2, 0) is 9.47 Å². The van der Waals surface area contributed by atoms with Crippen LogP contribution in [0.1, 0.15) is 57.9 Å². The highest BCUT2D eigenvalue weighted by molar-refractivity contribution is 5.91. The van der Waals surface area contributed by atoms with E-state index in [9.17, 15) is 9.59 Å². The van der Waals surface area contributed by atoms with Crippen LogP contribution in [0.15, 0.2) is 133 Å². The molecule has 0 aliphatic carbocycles. The van der Waals surface area contributed by atoms with E-state index in [4.69, 9.17) is 9.47 Å². The van der Waals surface area contributed by atoms with Crippen molar-refractivity contribution in [1.82, 2.24) is 0 Å². The lowest BCUT2D eigenvalue weighted by Crippen LogP contribution is -2.09. The molecule has 4 nitrogen and oxygen atoms in total. The molecule has 0 radical (unpaired) electrons. The van der Waals surface area contributed by atoms with Crippen molar-refractivity contribution in [3.63, 3.8) is 0 Å². The first-order chi connectivity index (χ1) is 19.5. The number of hydrogen-bond donors (Lipinski definition) is 0. The highest BCUT2D eigenvalue weighted by Crippen LogP contribution is 2.27. The molecule has 0 heterocycles. The lowest BCUT2D eigenvalue weighted by atomic mass is 9.99. The Morgan fingerprint density at radius 3 is 1.00 bits per heavy atom. The highest BCUT2D eigenvalue weighted by atomic mass is 16.5. The second-order valence-electron chi connectivity index (χ2n) is 9.65. The Morgan fingerprint density at radius 2 is 0.700 bits per heavy atom. The van der Waals surface area contributed by atoms with Gasteiger partial charge in [0.15, 0.2) is 0 Å². The van der Waals surface area contributed by atoms with E-state index in [1.54, 1.807) is 24.3 Å². The molecule has 0 aliphatic heterocycles. The van der Waals surface area contributed by atoms with Gasteiger partial charge in [-0.2, -0.15) is 0 Å². The van der Waals surface area contributed by atoms with E-state index in [1.165, 1.54) is 0 Å². The van der Waals surface area contributed by atoms with Crippen molar-refractivity contribution in [2.75, 3.05) is 0 Å². The number of carbonyl (C=O) groups excluding carboxylic acids is 2. The third-order valence-corrected chi connectivity index (χ3v) is 6.90. The van der Waals surface area contributed by atoms with Crippen molar-refractivity contribution in [3.8, 4) is 22.3 Å². The zero-order valence-corrected chi connectivity index (χ0v) is 22.5. The molecule has 0 saturated heterocycles. The van der Waals surface area contributed by atoms with Crippen LogP contribution in [0.5, 0.6) is 0 Å². The lowest BCUT2D eigenvalue weighted by molar-refractivity contribution is 0.0328. The molecule has 0 saturated carbocycles. The predicted octanol–water partition coefficient (Wildman–Crippen LogP) is 8.86. The first-order valence-corrected chi connectivity index (χ1v) is 13.3. The summed E-state index contributed by atoms with van der Waals surface area (Å²) in [5, 5.41) is 0. The molecular formula is C36H30O4. The summed E-state index contributed by atoms with van der Waals surface area (Å²) in [5.74, 6) is -0.694. The molecule has 40 heavy (non-hydrogen) atoms. The highest BCUT2D eigenvalue weighted by Gasteiger charge is 2.15. The largest absolute Gasteiger partial charge is 0.454 e. The quantitative estimate of drug-likeness (QED) is 0.190. The summed E-state index contributed by atoms with van der Waals surface area (Å²) in [6.45, 7) is 3.74. The molecule has 0 unspecified atom stereocenters. The Morgan fingerprint density at radius 1 is 0.425 bits per heavy atom. The maximum absolute atomic E-state index is 12.6. The third kappa shape index (κ3) is 6.36. The van der Waals surface area contributed by atoms with Gasteiger partial charge in [0, 0.05) is 0 Å².